The number of aryl methyl sites for hydroxylation is 1. The maximum absolute atomic E-state index is 14.9. The van der Waals surface area contributed by atoms with E-state index in [0.29, 0.717) is 40.7 Å². The maximum Gasteiger partial charge on any atom is 0.387 e. The second-order valence-electron chi connectivity index (χ2n) is 14.3. The summed E-state index contributed by atoms with van der Waals surface area (Å²) in [5.41, 5.74) is -3.74. The fraction of sp³-hybridized carbons (Fsp3) is 0.529. The van der Waals surface area contributed by atoms with E-state index in [4.69, 9.17) is 18.6 Å². The van der Waals surface area contributed by atoms with Crippen LogP contribution in [0.1, 0.15) is 76.5 Å². The topological polar surface area (TPSA) is 161 Å². The van der Waals surface area contributed by atoms with E-state index in [1.54, 1.807) is 6.92 Å². The minimum Gasteiger partial charge on any atom is -0.444 e. The van der Waals surface area contributed by atoms with Crippen LogP contribution < -0.4 is 20.7 Å². The van der Waals surface area contributed by atoms with Gasteiger partial charge < -0.3 is 18.6 Å². The molecule has 0 spiro atoms. The molecule has 18 heteroatoms. The number of nitrogens with zero attached hydrogens (tertiary/aromatic N) is 3. The molecule has 3 aromatic heterocycles. The molecule has 2 bridgehead atoms. The standard InChI is InChI=1S/C34H37F3N4O9S2/c1-17-25-28(42)41(33(2,3)30(43)39-52(45,46)34(4)9-10-34)32(44)40(29(25)51-26(17)27-38-11-12-47-27)16-24(49-21-14-19-6-7-20(15-21)48-19)22-13-18(35)5-8-23(22)50-31(36)37/h5,8,11-13,19-21,24,31H,6-7,9-10,14-16H2,1-4H3,(H,39,43)/t19-,20+,21+,24-/m0/s1. The molecule has 4 atom stereocenters. The molecule has 13 nitrogen and oxygen atoms in total. The normalized spacial score (nSPS) is 21.8. The highest BCUT2D eigenvalue weighted by molar-refractivity contribution is 7.91. The molecule has 3 aliphatic rings. The van der Waals surface area contributed by atoms with Crippen molar-refractivity contribution in [3.8, 4) is 16.5 Å². The average molecular weight is 767 g/mol. The Morgan fingerprint density at radius 2 is 1.88 bits per heavy atom. The Hall–Kier alpha value is -4.00. The molecule has 280 valence electrons. The molecule has 2 aliphatic heterocycles. The van der Waals surface area contributed by atoms with Gasteiger partial charge in [-0.2, -0.15) is 8.78 Å². The predicted molar refractivity (Wildman–Crippen MR) is 182 cm³/mol. The number of amides is 1. The molecule has 1 saturated carbocycles. The zero-order chi connectivity index (χ0) is 37.3. The van der Waals surface area contributed by atoms with Crippen LogP contribution in [-0.4, -0.2) is 58.1 Å². The van der Waals surface area contributed by atoms with E-state index in [1.807, 2.05) is 0 Å². The van der Waals surface area contributed by atoms with E-state index in [0.717, 1.165) is 46.9 Å². The monoisotopic (exact) mass is 766 g/mol. The summed E-state index contributed by atoms with van der Waals surface area (Å²) in [7, 11) is -4.17. The van der Waals surface area contributed by atoms with E-state index in [9.17, 15) is 36.0 Å². The molecule has 1 aromatic carbocycles. The molecule has 5 heterocycles. The first kappa shape index (κ1) is 36.4. The largest absolute Gasteiger partial charge is 0.444 e. The Morgan fingerprint density at radius 3 is 2.50 bits per heavy atom. The molecule has 7 rings (SSSR count). The second kappa shape index (κ2) is 13.1. The highest BCUT2D eigenvalue weighted by atomic mass is 32.2. The van der Waals surface area contributed by atoms with E-state index in [1.165, 1.54) is 33.2 Å². The molecule has 1 aliphatic carbocycles. The van der Waals surface area contributed by atoms with Gasteiger partial charge in [0.05, 0.1) is 46.1 Å². The van der Waals surface area contributed by atoms with Gasteiger partial charge in [0.15, 0.2) is 0 Å². The highest BCUT2D eigenvalue weighted by Gasteiger charge is 2.52. The Labute approximate surface area is 299 Å². The van der Waals surface area contributed by atoms with E-state index >= 15 is 0 Å². The van der Waals surface area contributed by atoms with Crippen LogP contribution in [0.5, 0.6) is 5.75 Å². The number of rotatable bonds is 12. The Kier molecular flexibility index (Phi) is 9.19. The van der Waals surface area contributed by atoms with Crippen LogP contribution in [0, 0.1) is 12.7 Å². The third-order valence-electron chi connectivity index (χ3n) is 10.3. The van der Waals surface area contributed by atoms with Crippen LogP contribution in [0.4, 0.5) is 13.2 Å². The number of nitrogens with one attached hydrogen (secondary N) is 1. The molecular weight excluding hydrogens is 730 g/mol. The quantitative estimate of drug-likeness (QED) is 0.205. The van der Waals surface area contributed by atoms with E-state index < -0.39 is 68.6 Å². The average Bonchev–Trinajstić information content (AvgIpc) is 3.35. The first-order valence-corrected chi connectivity index (χ1v) is 19.1. The summed E-state index contributed by atoms with van der Waals surface area (Å²) >= 11 is 0.994. The number of benzene rings is 1. The van der Waals surface area contributed by atoms with Gasteiger partial charge in [0, 0.05) is 5.56 Å². The Bertz CT molecular complexity index is 2250. The van der Waals surface area contributed by atoms with Gasteiger partial charge in [-0.15, -0.1) is 11.3 Å². The summed E-state index contributed by atoms with van der Waals surface area (Å²) in [6.07, 6.45) is 3.99. The highest BCUT2D eigenvalue weighted by Crippen LogP contribution is 2.43. The van der Waals surface area contributed by atoms with Crippen molar-refractivity contribution in [3.63, 3.8) is 0 Å². The van der Waals surface area contributed by atoms with Crippen molar-refractivity contribution in [2.24, 2.45) is 0 Å². The third-order valence-corrected chi connectivity index (χ3v) is 13.7. The van der Waals surface area contributed by atoms with Crippen LogP contribution in [0.15, 0.2) is 44.7 Å². The number of alkyl halides is 2. The third kappa shape index (κ3) is 6.47. The second-order valence-corrected chi connectivity index (χ2v) is 17.5. The van der Waals surface area contributed by atoms with Crippen molar-refractivity contribution in [1.82, 2.24) is 18.8 Å². The smallest absolute Gasteiger partial charge is 0.387 e. The number of fused-ring (bicyclic) bond motifs is 3. The van der Waals surface area contributed by atoms with Crippen molar-refractivity contribution in [2.75, 3.05) is 0 Å². The number of halogens is 3. The maximum atomic E-state index is 14.9. The number of ether oxygens (including phenoxy) is 3. The summed E-state index contributed by atoms with van der Waals surface area (Å²) in [5, 5.41) is 0.00171. The first-order chi connectivity index (χ1) is 24.5. The van der Waals surface area contributed by atoms with Crippen molar-refractivity contribution in [3.05, 3.63) is 68.4 Å². The number of hydrogen-bond donors (Lipinski definition) is 1. The Morgan fingerprint density at radius 1 is 1.19 bits per heavy atom. The fourth-order valence-electron chi connectivity index (χ4n) is 6.96. The van der Waals surface area contributed by atoms with Crippen LogP contribution in [0.2, 0.25) is 0 Å². The molecule has 3 fully saturated rings. The van der Waals surface area contributed by atoms with Gasteiger partial charge in [0.2, 0.25) is 15.9 Å². The van der Waals surface area contributed by atoms with E-state index in [-0.39, 0.29) is 39.6 Å². The number of aromatic nitrogens is 3. The summed E-state index contributed by atoms with van der Waals surface area (Å²) in [5.74, 6) is -2.13. The number of hydrogen-bond acceptors (Lipinski definition) is 11. The zero-order valence-electron chi connectivity index (χ0n) is 28.7. The Balaban J connectivity index is 1.41. The zero-order valence-corrected chi connectivity index (χ0v) is 30.3. The van der Waals surface area contributed by atoms with Crippen LogP contribution >= 0.6 is 11.3 Å². The van der Waals surface area contributed by atoms with Gasteiger partial charge in [-0.3, -0.25) is 18.9 Å². The van der Waals surface area contributed by atoms with Crippen molar-refractivity contribution in [1.29, 1.82) is 0 Å². The molecule has 2 saturated heterocycles. The summed E-state index contributed by atoms with van der Waals surface area (Å²) < 4.78 is 93.9. The van der Waals surface area contributed by atoms with Gasteiger partial charge in [-0.25, -0.2) is 27.2 Å². The molecule has 1 N–H and O–H groups in total. The fourth-order valence-corrected chi connectivity index (χ4v) is 9.59. The number of oxazole rings is 1. The number of thiophene rings is 1. The van der Waals surface area contributed by atoms with Crippen molar-refractivity contribution in [2.45, 2.75) is 114 Å². The number of carbonyl (C=O) groups excluding carboxylic acids is 1. The van der Waals surface area contributed by atoms with Gasteiger partial charge in [-0.05, 0) is 90.0 Å². The predicted octanol–water partition coefficient (Wildman–Crippen LogP) is 5.13. The van der Waals surface area contributed by atoms with Crippen molar-refractivity contribution < 1.29 is 45.0 Å². The number of carbonyl (C=O) groups is 1. The lowest BCUT2D eigenvalue weighted by atomic mass is 10.0. The lowest BCUT2D eigenvalue weighted by Crippen LogP contribution is -2.57. The minimum atomic E-state index is -4.17. The molecule has 4 aromatic rings. The molecule has 52 heavy (non-hydrogen) atoms. The molecular formula is C34H37F3N4O9S2. The van der Waals surface area contributed by atoms with Gasteiger partial charge in [-0.1, -0.05) is 0 Å². The van der Waals surface area contributed by atoms with Crippen LogP contribution in [0.3, 0.4) is 0 Å². The lowest BCUT2D eigenvalue weighted by molar-refractivity contribution is -0.126. The lowest BCUT2D eigenvalue weighted by Gasteiger charge is -2.33. The molecule has 0 radical (unpaired) electrons. The summed E-state index contributed by atoms with van der Waals surface area (Å²) in [6, 6.07) is 3.00. The van der Waals surface area contributed by atoms with E-state index in [2.05, 4.69) is 9.71 Å². The van der Waals surface area contributed by atoms with Crippen LogP contribution in [-0.2, 0) is 36.4 Å². The summed E-state index contributed by atoms with van der Waals surface area (Å²) in [6.45, 7) is 1.87. The first-order valence-electron chi connectivity index (χ1n) is 16.8. The van der Waals surface area contributed by atoms with Crippen molar-refractivity contribution >= 4 is 37.5 Å². The number of sulfonamides is 1. The van der Waals surface area contributed by atoms with Crippen LogP contribution in [0.25, 0.3) is 21.0 Å². The van der Waals surface area contributed by atoms with Gasteiger partial charge in [0.25, 0.3) is 11.5 Å². The SMILES string of the molecule is Cc1c(-c2ncco2)sc2c1c(=O)n(C(C)(C)C(=O)NS(=O)(=O)C1(C)CC1)c(=O)n2C[C@H](O[C@H]1C[C@H]2CC[C@@H](C1)O2)c1cc(F)ccc1OC(F)F. The summed E-state index contributed by atoms with van der Waals surface area (Å²) in [4.78, 5) is 47.5. The minimum absolute atomic E-state index is 0.00171. The molecule has 1 amide bonds. The molecule has 0 unspecified atom stereocenters. The van der Waals surface area contributed by atoms with Gasteiger partial charge in [0.1, 0.15) is 34.3 Å². The van der Waals surface area contributed by atoms with Gasteiger partial charge >= 0.3 is 12.3 Å².